The molecule has 3 N–H and O–H groups in total. The van der Waals surface area contributed by atoms with Crippen LogP contribution in [0.15, 0.2) is 18.2 Å². The molecule has 0 saturated carbocycles. The number of nitrogens with one attached hydrogen (secondary N) is 1. The predicted molar refractivity (Wildman–Crippen MR) is 77.8 cm³/mol. The number of benzene rings is 1. The number of hydrogen-bond donors (Lipinski definition) is 2. The van der Waals surface area contributed by atoms with Crippen LogP contribution in [-0.2, 0) is 0 Å². The molecule has 2 saturated heterocycles. The van der Waals surface area contributed by atoms with Crippen LogP contribution in [0.4, 0.5) is 5.69 Å². The van der Waals surface area contributed by atoms with Crippen molar-refractivity contribution in [2.24, 2.45) is 5.41 Å². The van der Waals surface area contributed by atoms with E-state index in [4.69, 9.17) is 10.5 Å². The molecule has 0 unspecified atom stereocenters. The van der Waals surface area contributed by atoms with Crippen LogP contribution in [0.25, 0.3) is 0 Å². The summed E-state index contributed by atoms with van der Waals surface area (Å²) in [5, 5.41) is 3.37. The minimum absolute atomic E-state index is 0.0763. The lowest BCUT2D eigenvalue weighted by Gasteiger charge is -2.52. The molecule has 2 heterocycles. The van der Waals surface area contributed by atoms with Crippen LogP contribution in [0.5, 0.6) is 5.75 Å². The van der Waals surface area contributed by atoms with Gasteiger partial charge < -0.3 is 20.7 Å². The van der Waals surface area contributed by atoms with Gasteiger partial charge in [-0.05, 0) is 44.1 Å². The Morgan fingerprint density at radius 1 is 1.35 bits per heavy atom. The Labute approximate surface area is 119 Å². The number of piperidine rings is 1. The van der Waals surface area contributed by atoms with Crippen LogP contribution in [0, 0.1) is 5.41 Å². The van der Waals surface area contributed by atoms with Gasteiger partial charge in [-0.15, -0.1) is 0 Å². The normalized spacial score (nSPS) is 20.6. The second-order valence-corrected chi connectivity index (χ2v) is 5.87. The van der Waals surface area contributed by atoms with Gasteiger partial charge in [-0.25, -0.2) is 0 Å². The fraction of sp³-hybridized carbons (Fsp3) is 0.533. The molecule has 1 aromatic rings. The lowest BCUT2D eigenvalue weighted by molar-refractivity contribution is -0.0113. The van der Waals surface area contributed by atoms with Gasteiger partial charge in [-0.3, -0.25) is 4.79 Å². The highest BCUT2D eigenvalue weighted by molar-refractivity contribution is 5.95. The van der Waals surface area contributed by atoms with E-state index in [1.165, 1.54) is 12.8 Å². The molecule has 1 aromatic carbocycles. The van der Waals surface area contributed by atoms with Crippen molar-refractivity contribution in [1.82, 2.24) is 10.2 Å². The Morgan fingerprint density at radius 3 is 2.70 bits per heavy atom. The van der Waals surface area contributed by atoms with E-state index in [-0.39, 0.29) is 5.91 Å². The molecule has 0 aromatic heterocycles. The van der Waals surface area contributed by atoms with Gasteiger partial charge in [-0.2, -0.15) is 0 Å². The molecule has 0 radical (unpaired) electrons. The lowest BCUT2D eigenvalue weighted by Crippen LogP contribution is -2.61. The molecule has 108 valence electrons. The standard InChI is InChI=1S/C15H21N3O2/c1-20-13-8-11(2-3-12(13)16)14(19)18-9-15(10-18)4-6-17-7-5-15/h2-3,8,17H,4-7,9-10,16H2,1H3. The van der Waals surface area contributed by atoms with Gasteiger partial charge in [0.25, 0.3) is 5.91 Å². The van der Waals surface area contributed by atoms with Crippen molar-refractivity contribution in [2.75, 3.05) is 39.0 Å². The Balaban J connectivity index is 1.68. The molecule has 0 bridgehead atoms. The van der Waals surface area contributed by atoms with Gasteiger partial charge >= 0.3 is 0 Å². The molecule has 5 nitrogen and oxygen atoms in total. The van der Waals surface area contributed by atoms with Gasteiger partial charge in [0.05, 0.1) is 12.8 Å². The third-order valence-corrected chi connectivity index (χ3v) is 4.48. The van der Waals surface area contributed by atoms with Gasteiger partial charge in [-0.1, -0.05) is 0 Å². The monoisotopic (exact) mass is 275 g/mol. The number of rotatable bonds is 2. The Kier molecular flexibility index (Phi) is 3.30. The quantitative estimate of drug-likeness (QED) is 0.793. The largest absolute Gasteiger partial charge is 0.495 e. The maximum absolute atomic E-state index is 12.4. The molecule has 20 heavy (non-hydrogen) atoms. The molecule has 1 amide bonds. The fourth-order valence-corrected chi connectivity index (χ4v) is 3.21. The first kappa shape index (κ1) is 13.2. The van der Waals surface area contributed by atoms with Crippen LogP contribution in [-0.4, -0.2) is 44.1 Å². The maximum Gasteiger partial charge on any atom is 0.254 e. The van der Waals surface area contributed by atoms with Gasteiger partial charge in [0.2, 0.25) is 0 Å². The molecule has 1 spiro atoms. The average molecular weight is 275 g/mol. The minimum atomic E-state index is 0.0763. The Hall–Kier alpha value is -1.75. The van der Waals surface area contributed by atoms with Crippen LogP contribution >= 0.6 is 0 Å². The van der Waals surface area contributed by atoms with E-state index in [1.54, 1.807) is 25.3 Å². The lowest BCUT2D eigenvalue weighted by atomic mass is 9.72. The first-order chi connectivity index (χ1) is 9.63. The molecule has 0 atom stereocenters. The molecular formula is C15H21N3O2. The SMILES string of the molecule is COc1cc(C(=O)N2CC3(CCNCC3)C2)ccc1N. The van der Waals surface area contributed by atoms with Crippen molar-refractivity contribution in [3.63, 3.8) is 0 Å². The van der Waals surface area contributed by atoms with Crippen LogP contribution in [0.2, 0.25) is 0 Å². The third-order valence-electron chi connectivity index (χ3n) is 4.48. The van der Waals surface area contributed by atoms with Gasteiger partial charge in [0.1, 0.15) is 5.75 Å². The molecule has 2 aliphatic rings. The van der Waals surface area contributed by atoms with E-state index >= 15 is 0 Å². The fourth-order valence-electron chi connectivity index (χ4n) is 3.21. The van der Waals surface area contributed by atoms with E-state index < -0.39 is 0 Å². The molecule has 2 fully saturated rings. The van der Waals surface area contributed by atoms with E-state index in [0.717, 1.165) is 26.2 Å². The Morgan fingerprint density at radius 2 is 2.05 bits per heavy atom. The van der Waals surface area contributed by atoms with Gasteiger partial charge in [0, 0.05) is 24.1 Å². The first-order valence-corrected chi connectivity index (χ1v) is 7.07. The van der Waals surface area contributed by atoms with E-state index in [1.807, 2.05) is 4.90 Å². The number of carbonyl (C=O) groups excluding carboxylic acids is 1. The smallest absolute Gasteiger partial charge is 0.254 e. The number of amides is 1. The summed E-state index contributed by atoms with van der Waals surface area (Å²) in [5.41, 5.74) is 7.35. The van der Waals surface area contributed by atoms with Gasteiger partial charge in [0.15, 0.2) is 0 Å². The van der Waals surface area contributed by atoms with Crippen molar-refractivity contribution in [1.29, 1.82) is 0 Å². The summed E-state index contributed by atoms with van der Waals surface area (Å²) < 4.78 is 5.17. The summed E-state index contributed by atoms with van der Waals surface area (Å²) in [4.78, 5) is 14.4. The first-order valence-electron chi connectivity index (χ1n) is 7.07. The zero-order valence-electron chi connectivity index (χ0n) is 11.8. The number of nitrogens with two attached hydrogens (primary N) is 1. The highest BCUT2D eigenvalue weighted by atomic mass is 16.5. The maximum atomic E-state index is 12.4. The van der Waals surface area contributed by atoms with Crippen molar-refractivity contribution >= 4 is 11.6 Å². The second kappa shape index (κ2) is 4.98. The van der Waals surface area contributed by atoms with E-state index in [0.29, 0.717) is 22.4 Å². The van der Waals surface area contributed by atoms with Crippen molar-refractivity contribution in [3.8, 4) is 5.75 Å². The molecule has 5 heteroatoms. The third kappa shape index (κ3) is 2.22. The average Bonchev–Trinajstić information content (AvgIpc) is 2.45. The highest BCUT2D eigenvalue weighted by Crippen LogP contribution is 2.39. The number of methoxy groups -OCH3 is 1. The Bertz CT molecular complexity index is 516. The van der Waals surface area contributed by atoms with Crippen LogP contribution < -0.4 is 15.8 Å². The number of ether oxygens (including phenoxy) is 1. The molecule has 2 aliphatic heterocycles. The number of nitrogens with zero attached hydrogens (tertiary/aromatic N) is 1. The number of carbonyl (C=O) groups is 1. The number of likely N-dealkylation sites (tertiary alicyclic amines) is 1. The molecular weight excluding hydrogens is 254 g/mol. The summed E-state index contributed by atoms with van der Waals surface area (Å²) in [6.45, 7) is 3.88. The van der Waals surface area contributed by atoms with Crippen molar-refractivity contribution < 1.29 is 9.53 Å². The zero-order valence-corrected chi connectivity index (χ0v) is 11.8. The van der Waals surface area contributed by atoms with Crippen LogP contribution in [0.3, 0.4) is 0 Å². The molecule has 0 aliphatic carbocycles. The summed E-state index contributed by atoms with van der Waals surface area (Å²) in [6.07, 6.45) is 2.34. The summed E-state index contributed by atoms with van der Waals surface area (Å²) in [6, 6.07) is 5.23. The van der Waals surface area contributed by atoms with Crippen LogP contribution in [0.1, 0.15) is 23.2 Å². The predicted octanol–water partition coefficient (Wildman–Crippen LogP) is 1.10. The number of anilines is 1. The zero-order chi connectivity index (χ0) is 14.2. The van der Waals surface area contributed by atoms with Crippen molar-refractivity contribution in [2.45, 2.75) is 12.8 Å². The number of hydrogen-bond acceptors (Lipinski definition) is 4. The van der Waals surface area contributed by atoms with E-state index in [9.17, 15) is 4.79 Å². The second-order valence-electron chi connectivity index (χ2n) is 5.87. The van der Waals surface area contributed by atoms with Crippen molar-refractivity contribution in [3.05, 3.63) is 23.8 Å². The topological polar surface area (TPSA) is 67.6 Å². The van der Waals surface area contributed by atoms with E-state index in [2.05, 4.69) is 5.32 Å². The summed E-state index contributed by atoms with van der Waals surface area (Å²) in [7, 11) is 1.56. The summed E-state index contributed by atoms with van der Waals surface area (Å²) in [5.74, 6) is 0.639. The highest BCUT2D eigenvalue weighted by Gasteiger charge is 2.45. The number of nitrogen functional groups attached to an aromatic ring is 1. The summed E-state index contributed by atoms with van der Waals surface area (Å²) >= 11 is 0. The molecule has 3 rings (SSSR count). The minimum Gasteiger partial charge on any atom is -0.495 e.